The summed E-state index contributed by atoms with van der Waals surface area (Å²) in [6.07, 6.45) is 5.85. The van der Waals surface area contributed by atoms with Gasteiger partial charge in [-0.15, -0.1) is 0 Å². The molecule has 1 unspecified atom stereocenters. The van der Waals surface area contributed by atoms with E-state index in [0.29, 0.717) is 28.8 Å². The van der Waals surface area contributed by atoms with Crippen molar-refractivity contribution in [3.05, 3.63) is 83.1 Å². The summed E-state index contributed by atoms with van der Waals surface area (Å²) < 4.78 is 27.0. The third-order valence-corrected chi connectivity index (χ3v) is 5.65. The number of halogens is 1. The third kappa shape index (κ3) is 4.28. The lowest BCUT2D eigenvalue weighted by Crippen LogP contribution is -2.29. The number of esters is 1. The largest absolute Gasteiger partial charge is 0.454 e. The molecule has 4 rings (SSSR count). The molecular formula is C27H26FNO3. The van der Waals surface area contributed by atoms with Gasteiger partial charge in [-0.2, -0.15) is 4.39 Å². The van der Waals surface area contributed by atoms with Crippen LogP contribution in [0.3, 0.4) is 0 Å². The molecule has 32 heavy (non-hydrogen) atoms. The van der Waals surface area contributed by atoms with Crippen molar-refractivity contribution < 1.29 is 18.7 Å². The van der Waals surface area contributed by atoms with Gasteiger partial charge in [0.2, 0.25) is 0 Å². The van der Waals surface area contributed by atoms with Crippen LogP contribution in [0.15, 0.2) is 60.7 Å². The highest BCUT2D eigenvalue weighted by atomic mass is 19.2. The number of pyridine rings is 1. The minimum absolute atomic E-state index is 0.0913. The minimum Gasteiger partial charge on any atom is -0.454 e. The molecule has 0 spiro atoms. The Kier molecular flexibility index (Phi) is 5.83. The molecule has 0 saturated heterocycles. The molecule has 0 N–H and O–H groups in total. The van der Waals surface area contributed by atoms with Gasteiger partial charge in [0.15, 0.2) is 0 Å². The van der Waals surface area contributed by atoms with Crippen molar-refractivity contribution in [2.45, 2.75) is 46.4 Å². The maximum absolute atomic E-state index is 15.6. The average Bonchev–Trinajstić information content (AvgIpc) is 2.77. The van der Waals surface area contributed by atoms with Crippen molar-refractivity contribution in [1.29, 1.82) is 0 Å². The summed E-state index contributed by atoms with van der Waals surface area (Å²) in [5.74, 6) is -1.55. The van der Waals surface area contributed by atoms with Gasteiger partial charge in [0.05, 0.1) is 5.52 Å². The van der Waals surface area contributed by atoms with Gasteiger partial charge in [-0.05, 0) is 55.2 Å². The van der Waals surface area contributed by atoms with E-state index in [1.807, 2.05) is 63.2 Å². The number of benzene rings is 2. The molecule has 0 radical (unpaired) electrons. The molecule has 4 nitrogen and oxygen atoms in total. The van der Waals surface area contributed by atoms with Crippen molar-refractivity contribution in [2.75, 3.05) is 0 Å². The van der Waals surface area contributed by atoms with Crippen molar-refractivity contribution in [3.63, 3.8) is 0 Å². The highest BCUT2D eigenvalue weighted by Crippen LogP contribution is 2.38. The first kappa shape index (κ1) is 21.8. The molecule has 0 saturated carbocycles. The van der Waals surface area contributed by atoms with E-state index in [9.17, 15) is 4.79 Å². The molecule has 1 atom stereocenters. The number of alkyl halides is 1. The first-order valence-corrected chi connectivity index (χ1v) is 10.7. The molecule has 1 aliphatic carbocycles. The Bertz CT molecular complexity index is 1250. The second-order valence-electron chi connectivity index (χ2n) is 8.05. The van der Waals surface area contributed by atoms with E-state index in [0.717, 1.165) is 28.0 Å². The van der Waals surface area contributed by atoms with E-state index < -0.39 is 11.8 Å². The Labute approximate surface area is 187 Å². The number of aryl methyl sites for hydroxylation is 2. The van der Waals surface area contributed by atoms with E-state index in [1.54, 1.807) is 12.1 Å². The van der Waals surface area contributed by atoms with Gasteiger partial charge < -0.3 is 9.47 Å². The van der Waals surface area contributed by atoms with Gasteiger partial charge >= 0.3 is 5.97 Å². The van der Waals surface area contributed by atoms with Gasteiger partial charge in [0.25, 0.3) is 5.85 Å². The molecule has 0 bridgehead atoms. The number of hydrogen-bond donors (Lipinski definition) is 0. The molecule has 0 aliphatic heterocycles. The molecule has 1 aromatic heterocycles. The van der Waals surface area contributed by atoms with Crippen LogP contribution >= 0.6 is 0 Å². The zero-order valence-electron chi connectivity index (χ0n) is 18.7. The number of aromatic nitrogens is 1. The minimum atomic E-state index is -1.97. The van der Waals surface area contributed by atoms with E-state index in [1.165, 1.54) is 13.0 Å². The highest BCUT2D eigenvalue weighted by molar-refractivity contribution is 5.91. The SMILES string of the molecule is CCc1nc2cc(C)c(OC3(F)C=CC(c4ccccc4)=CC3)cc2c(OC(C)=O)c1C. The summed E-state index contributed by atoms with van der Waals surface area (Å²) >= 11 is 0. The van der Waals surface area contributed by atoms with Crippen LogP contribution in [0, 0.1) is 13.8 Å². The Morgan fingerprint density at radius 3 is 2.56 bits per heavy atom. The first-order valence-electron chi connectivity index (χ1n) is 10.7. The number of carbonyl (C=O) groups is 1. The molecule has 5 heteroatoms. The fourth-order valence-electron chi connectivity index (χ4n) is 3.94. The van der Waals surface area contributed by atoms with E-state index in [-0.39, 0.29) is 6.42 Å². The van der Waals surface area contributed by atoms with Crippen LogP contribution < -0.4 is 9.47 Å². The molecule has 2 aromatic carbocycles. The predicted octanol–water partition coefficient (Wildman–Crippen LogP) is 6.43. The number of ether oxygens (including phenoxy) is 2. The lowest BCUT2D eigenvalue weighted by Gasteiger charge is -2.26. The van der Waals surface area contributed by atoms with Gasteiger partial charge in [-0.3, -0.25) is 9.78 Å². The van der Waals surface area contributed by atoms with Gasteiger partial charge in [-0.25, -0.2) is 0 Å². The van der Waals surface area contributed by atoms with Crippen LogP contribution in [-0.4, -0.2) is 16.8 Å². The highest BCUT2D eigenvalue weighted by Gasteiger charge is 2.31. The number of allylic oxidation sites excluding steroid dienone is 2. The van der Waals surface area contributed by atoms with Crippen LogP contribution in [0.1, 0.15) is 42.7 Å². The number of carbonyl (C=O) groups excluding carboxylic acids is 1. The van der Waals surface area contributed by atoms with Crippen LogP contribution in [0.5, 0.6) is 11.5 Å². The van der Waals surface area contributed by atoms with E-state index in [2.05, 4.69) is 0 Å². The van der Waals surface area contributed by atoms with Gasteiger partial charge in [0, 0.05) is 30.0 Å². The topological polar surface area (TPSA) is 48.4 Å². The lowest BCUT2D eigenvalue weighted by atomic mass is 9.97. The summed E-state index contributed by atoms with van der Waals surface area (Å²) in [4.78, 5) is 16.4. The molecule has 3 aromatic rings. The van der Waals surface area contributed by atoms with Gasteiger partial charge in [-0.1, -0.05) is 49.4 Å². The van der Waals surface area contributed by atoms with Crippen molar-refractivity contribution in [1.82, 2.24) is 4.98 Å². The standard InChI is InChI=1S/C27H26FNO3/c1-5-23-18(3)26(31-19(4)30)22-16-25(17(2)15-24(22)29-23)32-27(28)13-11-21(12-14-27)20-9-7-6-8-10-20/h6-13,15-16H,5,14H2,1-4H3. The summed E-state index contributed by atoms with van der Waals surface area (Å²) in [7, 11) is 0. The number of rotatable bonds is 5. The smallest absolute Gasteiger partial charge is 0.308 e. The summed E-state index contributed by atoms with van der Waals surface area (Å²) in [5, 5.41) is 0.624. The van der Waals surface area contributed by atoms with Crippen LogP contribution in [0.25, 0.3) is 16.5 Å². The fraction of sp³-hybridized carbons (Fsp3) is 0.259. The number of fused-ring (bicyclic) bond motifs is 1. The molecular weight excluding hydrogens is 405 g/mol. The van der Waals surface area contributed by atoms with E-state index >= 15 is 4.39 Å². The Morgan fingerprint density at radius 2 is 1.94 bits per heavy atom. The zero-order valence-corrected chi connectivity index (χ0v) is 18.7. The maximum Gasteiger partial charge on any atom is 0.308 e. The molecule has 1 aliphatic rings. The average molecular weight is 432 g/mol. The Balaban J connectivity index is 1.69. The van der Waals surface area contributed by atoms with Crippen LogP contribution in [0.2, 0.25) is 0 Å². The van der Waals surface area contributed by atoms with E-state index in [4.69, 9.17) is 14.5 Å². The van der Waals surface area contributed by atoms with Crippen molar-refractivity contribution >= 4 is 22.4 Å². The van der Waals surface area contributed by atoms with Gasteiger partial charge in [0.1, 0.15) is 11.5 Å². The van der Waals surface area contributed by atoms with Crippen molar-refractivity contribution in [2.24, 2.45) is 0 Å². The molecule has 164 valence electrons. The third-order valence-electron chi connectivity index (χ3n) is 5.65. The predicted molar refractivity (Wildman–Crippen MR) is 125 cm³/mol. The quantitative estimate of drug-likeness (QED) is 0.437. The second kappa shape index (κ2) is 8.58. The molecule has 1 heterocycles. The zero-order chi connectivity index (χ0) is 22.9. The summed E-state index contributed by atoms with van der Waals surface area (Å²) in [6, 6.07) is 13.4. The number of nitrogens with zero attached hydrogens (tertiary/aromatic N) is 1. The number of hydrogen-bond acceptors (Lipinski definition) is 4. The second-order valence-corrected chi connectivity index (χ2v) is 8.05. The van der Waals surface area contributed by atoms with Crippen LogP contribution in [0.4, 0.5) is 4.39 Å². The monoisotopic (exact) mass is 431 g/mol. The Morgan fingerprint density at radius 1 is 1.19 bits per heavy atom. The first-order chi connectivity index (χ1) is 15.3. The molecule has 0 fully saturated rings. The summed E-state index contributed by atoms with van der Waals surface area (Å²) in [5.41, 5.74) is 5.10. The fourth-order valence-corrected chi connectivity index (χ4v) is 3.94. The lowest BCUT2D eigenvalue weighted by molar-refractivity contribution is -0.131. The molecule has 0 amide bonds. The normalized spacial score (nSPS) is 17.8. The maximum atomic E-state index is 15.6. The van der Waals surface area contributed by atoms with Crippen molar-refractivity contribution in [3.8, 4) is 11.5 Å². The van der Waals surface area contributed by atoms with Crippen LogP contribution in [-0.2, 0) is 11.2 Å². The Hall–Kier alpha value is -3.47. The summed E-state index contributed by atoms with van der Waals surface area (Å²) in [6.45, 7) is 7.10.